The maximum atomic E-state index is 13.4. The third-order valence-electron chi connectivity index (χ3n) is 5.18. The third-order valence-corrected chi connectivity index (χ3v) is 5.71. The zero-order chi connectivity index (χ0) is 23.6. The average molecular weight is 511 g/mol. The standard InChI is InChI=1S/C26H27BrN2O4/c1-28-26(31)24(16-19-7-4-3-5-8-19)29(17-20-9-6-10-23(15-20)32-2)25(30)18-33-22-13-11-21(27)12-14-22/h3-15,24H,16-18H2,1-2H3,(H,28,31). The molecule has 172 valence electrons. The molecule has 0 saturated carbocycles. The third kappa shape index (κ3) is 7.08. The van der Waals surface area contributed by atoms with Crippen LogP contribution in [0.4, 0.5) is 0 Å². The van der Waals surface area contributed by atoms with Crippen LogP contribution in [0.5, 0.6) is 11.5 Å². The van der Waals surface area contributed by atoms with Crippen LogP contribution in [0.3, 0.4) is 0 Å². The quantitative estimate of drug-likeness (QED) is 0.443. The van der Waals surface area contributed by atoms with Gasteiger partial charge in [-0.15, -0.1) is 0 Å². The molecule has 7 heteroatoms. The van der Waals surface area contributed by atoms with Crippen molar-refractivity contribution >= 4 is 27.7 Å². The van der Waals surface area contributed by atoms with Gasteiger partial charge >= 0.3 is 0 Å². The summed E-state index contributed by atoms with van der Waals surface area (Å²) in [5.41, 5.74) is 1.82. The lowest BCUT2D eigenvalue weighted by atomic mass is 10.0. The van der Waals surface area contributed by atoms with Crippen LogP contribution < -0.4 is 14.8 Å². The second-order valence-corrected chi connectivity index (χ2v) is 8.35. The number of carbonyl (C=O) groups excluding carboxylic acids is 2. The zero-order valence-electron chi connectivity index (χ0n) is 18.7. The molecule has 0 aliphatic rings. The summed E-state index contributed by atoms with van der Waals surface area (Å²) in [6, 6.07) is 23.7. The monoisotopic (exact) mass is 510 g/mol. The predicted molar refractivity (Wildman–Crippen MR) is 131 cm³/mol. The number of nitrogens with zero attached hydrogens (tertiary/aromatic N) is 1. The number of hydrogen-bond donors (Lipinski definition) is 1. The molecule has 1 N–H and O–H groups in total. The number of nitrogens with one attached hydrogen (secondary N) is 1. The molecular formula is C26H27BrN2O4. The predicted octanol–water partition coefficient (Wildman–Crippen LogP) is 4.22. The van der Waals surface area contributed by atoms with Crippen LogP contribution in [-0.2, 0) is 22.6 Å². The Balaban J connectivity index is 1.87. The van der Waals surface area contributed by atoms with Crippen molar-refractivity contribution in [1.29, 1.82) is 0 Å². The number of likely N-dealkylation sites (N-methyl/N-ethyl adjacent to an activating group) is 1. The first-order valence-corrected chi connectivity index (χ1v) is 11.4. The Morgan fingerprint density at radius 1 is 0.939 bits per heavy atom. The maximum absolute atomic E-state index is 13.4. The SMILES string of the molecule is CNC(=O)C(Cc1ccccc1)N(Cc1cccc(OC)c1)C(=O)COc1ccc(Br)cc1. The molecule has 0 aromatic heterocycles. The van der Waals surface area contributed by atoms with Crippen LogP contribution in [0.15, 0.2) is 83.3 Å². The first kappa shape index (κ1) is 24.3. The van der Waals surface area contributed by atoms with Gasteiger partial charge in [0.05, 0.1) is 7.11 Å². The minimum absolute atomic E-state index is 0.187. The first-order valence-electron chi connectivity index (χ1n) is 10.6. The first-order chi connectivity index (χ1) is 16.0. The number of ether oxygens (including phenoxy) is 2. The van der Waals surface area contributed by atoms with Crippen LogP contribution in [0, 0.1) is 0 Å². The lowest BCUT2D eigenvalue weighted by Gasteiger charge is -2.31. The van der Waals surface area contributed by atoms with Crippen molar-refractivity contribution in [2.45, 2.75) is 19.0 Å². The highest BCUT2D eigenvalue weighted by atomic mass is 79.9. The smallest absolute Gasteiger partial charge is 0.261 e. The molecule has 0 aliphatic carbocycles. The van der Waals surface area contributed by atoms with Crippen LogP contribution in [0.2, 0.25) is 0 Å². The maximum Gasteiger partial charge on any atom is 0.261 e. The van der Waals surface area contributed by atoms with Gasteiger partial charge in [-0.05, 0) is 47.5 Å². The number of amides is 2. The van der Waals surface area contributed by atoms with Crippen molar-refractivity contribution < 1.29 is 19.1 Å². The normalized spacial score (nSPS) is 11.4. The molecule has 0 spiro atoms. The Morgan fingerprint density at radius 2 is 1.64 bits per heavy atom. The summed E-state index contributed by atoms with van der Waals surface area (Å²) >= 11 is 3.39. The Morgan fingerprint density at radius 3 is 2.30 bits per heavy atom. The van der Waals surface area contributed by atoms with Gasteiger partial charge in [0.1, 0.15) is 17.5 Å². The van der Waals surface area contributed by atoms with E-state index in [2.05, 4.69) is 21.2 Å². The van der Waals surface area contributed by atoms with Crippen molar-refractivity contribution in [2.75, 3.05) is 20.8 Å². The molecule has 0 bridgehead atoms. The minimum Gasteiger partial charge on any atom is -0.497 e. The summed E-state index contributed by atoms with van der Waals surface area (Å²) in [5, 5.41) is 2.71. The Hall–Kier alpha value is -3.32. The second-order valence-electron chi connectivity index (χ2n) is 7.44. The van der Waals surface area contributed by atoms with Crippen LogP contribution in [-0.4, -0.2) is 43.5 Å². The van der Waals surface area contributed by atoms with Crippen molar-refractivity contribution in [2.24, 2.45) is 0 Å². The van der Waals surface area contributed by atoms with Crippen molar-refractivity contribution in [3.05, 3.63) is 94.5 Å². The Bertz CT molecular complexity index is 1060. The molecule has 0 radical (unpaired) electrons. The molecule has 3 rings (SSSR count). The summed E-state index contributed by atoms with van der Waals surface area (Å²) in [6.07, 6.45) is 0.383. The molecular weight excluding hydrogens is 484 g/mol. The molecule has 2 amide bonds. The van der Waals surface area contributed by atoms with Crippen LogP contribution in [0.1, 0.15) is 11.1 Å². The zero-order valence-corrected chi connectivity index (χ0v) is 20.2. The topological polar surface area (TPSA) is 67.9 Å². The average Bonchev–Trinajstić information content (AvgIpc) is 2.86. The summed E-state index contributed by atoms with van der Waals surface area (Å²) in [7, 11) is 3.17. The van der Waals surface area contributed by atoms with Gasteiger partial charge in [0.2, 0.25) is 5.91 Å². The summed E-state index contributed by atoms with van der Waals surface area (Å²) in [6.45, 7) is 0.0541. The van der Waals surface area contributed by atoms with E-state index in [0.717, 1.165) is 15.6 Å². The van der Waals surface area contributed by atoms with Gasteiger partial charge in [-0.2, -0.15) is 0 Å². The molecule has 1 atom stereocenters. The van der Waals surface area contributed by atoms with Gasteiger partial charge in [0.25, 0.3) is 5.91 Å². The van der Waals surface area contributed by atoms with E-state index in [0.29, 0.717) is 17.9 Å². The highest BCUT2D eigenvalue weighted by molar-refractivity contribution is 9.10. The van der Waals surface area contributed by atoms with E-state index in [4.69, 9.17) is 9.47 Å². The number of halogens is 1. The van der Waals surface area contributed by atoms with Gasteiger partial charge in [-0.25, -0.2) is 0 Å². The highest BCUT2D eigenvalue weighted by Gasteiger charge is 2.30. The van der Waals surface area contributed by atoms with Gasteiger partial charge in [0.15, 0.2) is 6.61 Å². The summed E-state index contributed by atoms with van der Waals surface area (Å²) in [4.78, 5) is 27.9. The Kier molecular flexibility index (Phi) is 8.89. The number of rotatable bonds is 10. The lowest BCUT2D eigenvalue weighted by Crippen LogP contribution is -2.51. The molecule has 3 aromatic rings. The molecule has 0 aliphatic heterocycles. The van der Waals surface area contributed by atoms with Crippen molar-refractivity contribution in [3.8, 4) is 11.5 Å². The fourth-order valence-corrected chi connectivity index (χ4v) is 3.71. The fraction of sp³-hybridized carbons (Fsp3) is 0.231. The van der Waals surface area contributed by atoms with Crippen LogP contribution >= 0.6 is 15.9 Å². The summed E-state index contributed by atoms with van der Waals surface area (Å²) < 4.78 is 12.0. The van der Waals surface area contributed by atoms with Gasteiger partial charge in [0, 0.05) is 24.5 Å². The van der Waals surface area contributed by atoms with Gasteiger partial charge < -0.3 is 19.7 Å². The van der Waals surface area contributed by atoms with Gasteiger partial charge in [-0.1, -0.05) is 58.4 Å². The molecule has 3 aromatic carbocycles. The van der Waals surface area contributed by atoms with Crippen LogP contribution in [0.25, 0.3) is 0 Å². The number of hydrogen-bond acceptors (Lipinski definition) is 4. The highest BCUT2D eigenvalue weighted by Crippen LogP contribution is 2.20. The van der Waals surface area contributed by atoms with E-state index in [9.17, 15) is 9.59 Å². The van der Waals surface area contributed by atoms with E-state index in [1.165, 1.54) is 0 Å². The van der Waals surface area contributed by atoms with E-state index in [1.807, 2.05) is 66.7 Å². The molecule has 33 heavy (non-hydrogen) atoms. The van der Waals surface area contributed by atoms with E-state index in [1.54, 1.807) is 31.2 Å². The summed E-state index contributed by atoms with van der Waals surface area (Å²) in [5.74, 6) is 0.738. The lowest BCUT2D eigenvalue weighted by molar-refractivity contribution is -0.142. The largest absolute Gasteiger partial charge is 0.497 e. The number of benzene rings is 3. The molecule has 1 unspecified atom stereocenters. The second kappa shape index (κ2) is 12.1. The number of carbonyl (C=O) groups is 2. The molecule has 0 heterocycles. The number of methoxy groups -OCH3 is 1. The Labute approximate surface area is 202 Å². The fourth-order valence-electron chi connectivity index (χ4n) is 3.45. The molecule has 0 saturated heterocycles. The van der Waals surface area contributed by atoms with Gasteiger partial charge in [-0.3, -0.25) is 9.59 Å². The molecule has 6 nitrogen and oxygen atoms in total. The van der Waals surface area contributed by atoms with E-state index >= 15 is 0 Å². The minimum atomic E-state index is -0.704. The van der Waals surface area contributed by atoms with Crippen molar-refractivity contribution in [3.63, 3.8) is 0 Å². The van der Waals surface area contributed by atoms with E-state index < -0.39 is 6.04 Å². The molecule has 0 fully saturated rings. The van der Waals surface area contributed by atoms with E-state index in [-0.39, 0.29) is 25.0 Å². The van der Waals surface area contributed by atoms with Crippen molar-refractivity contribution in [1.82, 2.24) is 10.2 Å².